The molecule has 1 aromatic carbocycles. The number of hydrogen-bond acceptors (Lipinski definition) is 2. The number of hydrogen-bond donors (Lipinski definition) is 2. The number of alkyl halides is 1. The van der Waals surface area contributed by atoms with Gasteiger partial charge in [0.25, 0.3) is 0 Å². The molecule has 0 spiro atoms. The molecule has 1 aliphatic carbocycles. The van der Waals surface area contributed by atoms with E-state index in [1.165, 1.54) is 36.0 Å². The molecule has 1 aliphatic rings. The van der Waals surface area contributed by atoms with E-state index in [0.717, 1.165) is 25.4 Å². The zero-order valence-corrected chi connectivity index (χ0v) is 11.9. The maximum absolute atomic E-state index is 5.66. The topological polar surface area (TPSA) is 24.1 Å². The van der Waals surface area contributed by atoms with Gasteiger partial charge in [-0.05, 0) is 56.0 Å². The van der Waals surface area contributed by atoms with E-state index < -0.39 is 0 Å². The molecule has 0 radical (unpaired) electrons. The largest absolute Gasteiger partial charge is 0.317 e. The third-order valence-corrected chi connectivity index (χ3v) is 3.99. The number of rotatable bonds is 6. The van der Waals surface area contributed by atoms with Crippen LogP contribution in [0.4, 0.5) is 0 Å². The summed E-state index contributed by atoms with van der Waals surface area (Å²) >= 11 is 5.66. The highest BCUT2D eigenvalue weighted by Crippen LogP contribution is 2.22. The number of benzene rings is 1. The predicted octanol–water partition coefficient (Wildman–Crippen LogP) is 2.48. The van der Waals surface area contributed by atoms with Crippen molar-refractivity contribution in [3.05, 3.63) is 34.9 Å². The zero-order valence-electron chi connectivity index (χ0n) is 11.1. The minimum absolute atomic E-state index is 0.658. The van der Waals surface area contributed by atoms with Gasteiger partial charge in [-0.15, -0.1) is 11.6 Å². The summed E-state index contributed by atoms with van der Waals surface area (Å²) < 4.78 is 0. The van der Waals surface area contributed by atoms with Gasteiger partial charge >= 0.3 is 0 Å². The average molecular weight is 267 g/mol. The second kappa shape index (κ2) is 7.13. The predicted molar refractivity (Wildman–Crippen MR) is 78.4 cm³/mol. The fourth-order valence-corrected chi connectivity index (χ4v) is 2.72. The van der Waals surface area contributed by atoms with Crippen molar-refractivity contribution >= 4 is 11.6 Å². The smallest absolute Gasteiger partial charge is 0.0235 e. The first-order chi connectivity index (χ1) is 8.83. The Morgan fingerprint density at radius 2 is 2.22 bits per heavy atom. The molecule has 18 heavy (non-hydrogen) atoms. The quantitative estimate of drug-likeness (QED) is 0.611. The SMILES string of the molecule is CNC1CCc2cc(CNCCCCl)ccc2C1. The maximum atomic E-state index is 5.66. The molecule has 2 N–H and O–H groups in total. The first-order valence-corrected chi connectivity index (χ1v) is 7.41. The van der Waals surface area contributed by atoms with Gasteiger partial charge in [-0.3, -0.25) is 0 Å². The lowest BCUT2D eigenvalue weighted by Gasteiger charge is -2.24. The van der Waals surface area contributed by atoms with Crippen LogP contribution in [0, 0.1) is 0 Å². The van der Waals surface area contributed by atoms with Crippen LogP contribution in [0.5, 0.6) is 0 Å². The van der Waals surface area contributed by atoms with Crippen molar-refractivity contribution < 1.29 is 0 Å². The fourth-order valence-electron chi connectivity index (χ4n) is 2.59. The number of fused-ring (bicyclic) bond motifs is 1. The molecule has 0 heterocycles. The second-order valence-corrected chi connectivity index (χ2v) is 5.43. The third kappa shape index (κ3) is 3.71. The van der Waals surface area contributed by atoms with E-state index in [1.807, 2.05) is 0 Å². The van der Waals surface area contributed by atoms with Gasteiger partial charge < -0.3 is 10.6 Å². The van der Waals surface area contributed by atoms with Crippen molar-refractivity contribution in [2.45, 2.75) is 38.3 Å². The van der Waals surface area contributed by atoms with E-state index >= 15 is 0 Å². The Morgan fingerprint density at radius 3 is 3.00 bits per heavy atom. The summed E-state index contributed by atoms with van der Waals surface area (Å²) in [5.74, 6) is 0.739. The maximum Gasteiger partial charge on any atom is 0.0235 e. The van der Waals surface area contributed by atoms with Gasteiger partial charge in [-0.1, -0.05) is 18.2 Å². The van der Waals surface area contributed by atoms with Crippen LogP contribution in [0.1, 0.15) is 29.5 Å². The molecule has 0 aromatic heterocycles. The highest BCUT2D eigenvalue weighted by Gasteiger charge is 2.16. The van der Waals surface area contributed by atoms with Crippen LogP contribution in [-0.2, 0) is 19.4 Å². The summed E-state index contributed by atoms with van der Waals surface area (Å²) in [6.45, 7) is 1.96. The minimum Gasteiger partial charge on any atom is -0.317 e. The van der Waals surface area contributed by atoms with E-state index in [-0.39, 0.29) is 0 Å². The normalized spacial score (nSPS) is 18.7. The lowest BCUT2D eigenvalue weighted by atomic mass is 9.87. The molecule has 1 aromatic rings. The Balaban J connectivity index is 1.92. The molecular formula is C15H23ClN2. The molecule has 0 saturated heterocycles. The molecule has 0 saturated carbocycles. The van der Waals surface area contributed by atoms with Crippen LogP contribution < -0.4 is 10.6 Å². The molecular weight excluding hydrogens is 244 g/mol. The van der Waals surface area contributed by atoms with Crippen LogP contribution >= 0.6 is 11.6 Å². The molecule has 0 fully saturated rings. The van der Waals surface area contributed by atoms with E-state index in [4.69, 9.17) is 11.6 Å². The van der Waals surface area contributed by atoms with Gasteiger partial charge in [0, 0.05) is 18.5 Å². The monoisotopic (exact) mass is 266 g/mol. The highest BCUT2D eigenvalue weighted by molar-refractivity contribution is 6.17. The first-order valence-electron chi connectivity index (χ1n) is 6.88. The lowest BCUT2D eigenvalue weighted by Crippen LogP contribution is -2.31. The number of halogens is 1. The Kier molecular flexibility index (Phi) is 5.48. The second-order valence-electron chi connectivity index (χ2n) is 5.05. The van der Waals surface area contributed by atoms with Crippen LogP contribution in [0.15, 0.2) is 18.2 Å². The zero-order chi connectivity index (χ0) is 12.8. The van der Waals surface area contributed by atoms with E-state index in [0.29, 0.717) is 6.04 Å². The van der Waals surface area contributed by atoms with Crippen LogP contribution in [0.25, 0.3) is 0 Å². The molecule has 2 rings (SSSR count). The van der Waals surface area contributed by atoms with Crippen molar-refractivity contribution in [2.24, 2.45) is 0 Å². The molecule has 2 nitrogen and oxygen atoms in total. The Labute approximate surface area is 115 Å². The summed E-state index contributed by atoms with van der Waals surface area (Å²) in [6.07, 6.45) is 4.67. The van der Waals surface area contributed by atoms with Crippen LogP contribution in [0.2, 0.25) is 0 Å². The summed E-state index contributed by atoms with van der Waals surface area (Å²) in [5, 5.41) is 6.82. The number of aryl methyl sites for hydroxylation is 1. The van der Waals surface area contributed by atoms with Gasteiger partial charge in [0.1, 0.15) is 0 Å². The molecule has 0 bridgehead atoms. The van der Waals surface area contributed by atoms with Gasteiger partial charge in [-0.25, -0.2) is 0 Å². The summed E-state index contributed by atoms with van der Waals surface area (Å²) in [6, 6.07) is 7.59. The van der Waals surface area contributed by atoms with Crippen molar-refractivity contribution in [3.8, 4) is 0 Å². The van der Waals surface area contributed by atoms with Gasteiger partial charge in [0.2, 0.25) is 0 Å². The van der Waals surface area contributed by atoms with E-state index in [9.17, 15) is 0 Å². The van der Waals surface area contributed by atoms with Crippen molar-refractivity contribution in [2.75, 3.05) is 19.5 Å². The molecule has 100 valence electrons. The summed E-state index contributed by atoms with van der Waals surface area (Å²) in [4.78, 5) is 0. The van der Waals surface area contributed by atoms with Crippen molar-refractivity contribution in [1.82, 2.24) is 10.6 Å². The Bertz CT molecular complexity index is 379. The van der Waals surface area contributed by atoms with Crippen LogP contribution in [0.3, 0.4) is 0 Å². The van der Waals surface area contributed by atoms with E-state index in [2.05, 4.69) is 35.9 Å². The Hall–Kier alpha value is -0.570. The lowest BCUT2D eigenvalue weighted by molar-refractivity contribution is 0.496. The third-order valence-electron chi connectivity index (χ3n) is 3.72. The van der Waals surface area contributed by atoms with Gasteiger partial charge in [-0.2, -0.15) is 0 Å². The number of nitrogens with one attached hydrogen (secondary N) is 2. The summed E-state index contributed by atoms with van der Waals surface area (Å²) in [5.41, 5.74) is 4.45. The molecule has 1 unspecified atom stereocenters. The number of likely N-dealkylation sites (N-methyl/N-ethyl adjacent to an activating group) is 1. The first kappa shape index (κ1) is 13.9. The van der Waals surface area contributed by atoms with Crippen molar-refractivity contribution in [1.29, 1.82) is 0 Å². The standard InChI is InChI=1S/C15H23ClN2/c1-17-15-6-5-13-9-12(3-4-14(13)10-15)11-18-8-2-7-16/h3-4,9,15,17-18H,2,5-8,10-11H2,1H3. The summed E-state index contributed by atoms with van der Waals surface area (Å²) in [7, 11) is 2.06. The highest BCUT2D eigenvalue weighted by atomic mass is 35.5. The molecule has 0 amide bonds. The van der Waals surface area contributed by atoms with Crippen molar-refractivity contribution in [3.63, 3.8) is 0 Å². The fraction of sp³-hybridized carbons (Fsp3) is 0.600. The molecule has 1 atom stereocenters. The van der Waals surface area contributed by atoms with Gasteiger partial charge in [0.15, 0.2) is 0 Å². The Morgan fingerprint density at radius 1 is 1.33 bits per heavy atom. The molecule has 0 aliphatic heterocycles. The molecule has 3 heteroatoms. The average Bonchev–Trinajstić information content (AvgIpc) is 2.43. The van der Waals surface area contributed by atoms with Gasteiger partial charge in [0.05, 0.1) is 0 Å². The van der Waals surface area contributed by atoms with Crippen LogP contribution in [-0.4, -0.2) is 25.5 Å². The van der Waals surface area contributed by atoms with E-state index in [1.54, 1.807) is 0 Å². The minimum atomic E-state index is 0.658.